The van der Waals surface area contributed by atoms with E-state index in [1.807, 2.05) is 19.1 Å². The van der Waals surface area contributed by atoms with Crippen molar-refractivity contribution in [3.8, 4) is 11.3 Å². The average Bonchev–Trinajstić information content (AvgIpc) is 2.88. The van der Waals surface area contributed by atoms with Crippen LogP contribution in [0.3, 0.4) is 0 Å². The summed E-state index contributed by atoms with van der Waals surface area (Å²) in [4.78, 5) is 37.2. The smallest absolute Gasteiger partial charge is 0.407 e. The Kier molecular flexibility index (Phi) is 6.73. The Morgan fingerprint density at radius 3 is 2.36 bits per heavy atom. The maximum Gasteiger partial charge on any atom is 0.407 e. The van der Waals surface area contributed by atoms with Crippen molar-refractivity contribution in [2.24, 2.45) is 0 Å². The number of carbonyl (C=O) groups is 2. The number of carboxylic acid groups (broad SMARTS) is 1. The first-order valence-electron chi connectivity index (χ1n) is 12.2. The van der Waals surface area contributed by atoms with E-state index in [2.05, 4.69) is 41.1 Å². The van der Waals surface area contributed by atoms with E-state index >= 15 is 0 Å². The van der Waals surface area contributed by atoms with Gasteiger partial charge in [-0.2, -0.15) is 0 Å². The second kappa shape index (κ2) is 9.95. The number of likely N-dealkylation sites (N-methyl/N-ethyl adjacent to an activating group) is 1. The molecule has 0 unspecified atom stereocenters. The predicted molar refractivity (Wildman–Crippen MR) is 142 cm³/mol. The van der Waals surface area contributed by atoms with Crippen LogP contribution in [0.4, 0.5) is 10.5 Å². The van der Waals surface area contributed by atoms with Crippen molar-refractivity contribution in [1.29, 1.82) is 0 Å². The van der Waals surface area contributed by atoms with Crippen LogP contribution in [-0.4, -0.2) is 95.7 Å². The van der Waals surface area contributed by atoms with Gasteiger partial charge in [-0.15, -0.1) is 0 Å². The summed E-state index contributed by atoms with van der Waals surface area (Å²) in [5, 5.41) is 10.7. The van der Waals surface area contributed by atoms with Crippen molar-refractivity contribution in [3.63, 3.8) is 0 Å². The molecule has 2 saturated heterocycles. The quantitative estimate of drug-likeness (QED) is 0.574. The van der Waals surface area contributed by atoms with Gasteiger partial charge in [-0.1, -0.05) is 29.8 Å². The summed E-state index contributed by atoms with van der Waals surface area (Å²) in [5.41, 5.74) is 4.09. The third-order valence-electron chi connectivity index (χ3n) is 7.20. The molecule has 2 aliphatic heterocycles. The maximum absolute atomic E-state index is 13.2. The summed E-state index contributed by atoms with van der Waals surface area (Å²) in [6.45, 7) is 6.97. The Bertz CT molecular complexity index is 1290. The van der Waals surface area contributed by atoms with Crippen molar-refractivity contribution >= 4 is 40.2 Å². The lowest BCUT2D eigenvalue weighted by Gasteiger charge is -2.38. The monoisotopic (exact) mass is 507 g/mol. The molecule has 2 aromatic carbocycles. The summed E-state index contributed by atoms with van der Waals surface area (Å²) in [6, 6.07) is 15.4. The number of fused-ring (bicyclic) bond motifs is 1. The molecule has 2 fully saturated rings. The van der Waals surface area contributed by atoms with E-state index in [1.165, 1.54) is 10.6 Å². The highest BCUT2D eigenvalue weighted by molar-refractivity contribution is 6.35. The normalized spacial score (nSPS) is 19.1. The summed E-state index contributed by atoms with van der Waals surface area (Å²) < 4.78 is 0. The second-order valence-corrected chi connectivity index (χ2v) is 10.0. The first-order chi connectivity index (χ1) is 17.3. The molecular weight excluding hydrogens is 478 g/mol. The van der Waals surface area contributed by atoms with E-state index in [4.69, 9.17) is 16.6 Å². The summed E-state index contributed by atoms with van der Waals surface area (Å²) in [7, 11) is 2.15. The van der Waals surface area contributed by atoms with Crippen molar-refractivity contribution < 1.29 is 14.7 Å². The van der Waals surface area contributed by atoms with E-state index < -0.39 is 6.09 Å². The molecule has 0 spiro atoms. The van der Waals surface area contributed by atoms with Gasteiger partial charge in [0.1, 0.15) is 0 Å². The fraction of sp³-hybridized carbons (Fsp3) is 0.370. The number of carbonyl (C=O) groups excluding carboxylic acids is 1. The number of amides is 2. The molecule has 0 bridgehead atoms. The van der Waals surface area contributed by atoms with Crippen LogP contribution in [0.1, 0.15) is 17.3 Å². The molecule has 1 N–H and O–H groups in total. The summed E-state index contributed by atoms with van der Waals surface area (Å²) in [5.74, 6) is -0.131. The van der Waals surface area contributed by atoms with Gasteiger partial charge in [-0.05, 0) is 44.3 Å². The number of anilines is 1. The van der Waals surface area contributed by atoms with Crippen LogP contribution in [0.15, 0.2) is 48.5 Å². The molecule has 2 amide bonds. The molecule has 8 nitrogen and oxygen atoms in total. The molecule has 1 atom stereocenters. The van der Waals surface area contributed by atoms with Crippen molar-refractivity contribution in [2.45, 2.75) is 13.0 Å². The molecule has 0 saturated carbocycles. The number of piperazine rings is 2. The van der Waals surface area contributed by atoms with Crippen molar-refractivity contribution in [1.82, 2.24) is 19.7 Å². The topological polar surface area (TPSA) is 80.2 Å². The molecular formula is C27H30ClN5O3. The minimum Gasteiger partial charge on any atom is -0.465 e. The largest absolute Gasteiger partial charge is 0.465 e. The Morgan fingerprint density at radius 1 is 0.972 bits per heavy atom. The first kappa shape index (κ1) is 24.3. The number of halogens is 1. The van der Waals surface area contributed by atoms with E-state index in [1.54, 1.807) is 17.0 Å². The van der Waals surface area contributed by atoms with Crippen LogP contribution in [0.25, 0.3) is 22.2 Å². The van der Waals surface area contributed by atoms with Gasteiger partial charge in [-0.3, -0.25) is 4.79 Å². The van der Waals surface area contributed by atoms with E-state index in [-0.39, 0.29) is 11.9 Å². The highest BCUT2D eigenvalue weighted by Gasteiger charge is 2.30. The zero-order valence-electron chi connectivity index (χ0n) is 20.5. The van der Waals surface area contributed by atoms with E-state index in [9.17, 15) is 14.7 Å². The minimum atomic E-state index is -0.955. The fourth-order valence-corrected chi connectivity index (χ4v) is 5.25. The highest BCUT2D eigenvalue weighted by atomic mass is 35.5. The highest BCUT2D eigenvalue weighted by Crippen LogP contribution is 2.30. The molecule has 3 heterocycles. The number of nitrogens with zero attached hydrogens (tertiary/aromatic N) is 5. The lowest BCUT2D eigenvalue weighted by molar-refractivity contribution is 0.0507. The maximum atomic E-state index is 13.2. The number of rotatable bonds is 3. The third-order valence-corrected chi connectivity index (χ3v) is 7.51. The molecule has 188 valence electrons. The summed E-state index contributed by atoms with van der Waals surface area (Å²) >= 11 is 6.61. The molecule has 1 aromatic heterocycles. The van der Waals surface area contributed by atoms with Crippen LogP contribution >= 0.6 is 11.6 Å². The predicted octanol–water partition coefficient (Wildman–Crippen LogP) is 4.13. The summed E-state index contributed by atoms with van der Waals surface area (Å²) in [6.07, 6.45) is -0.955. The standard InChI is InChI=1S/C27H30ClN5O3/c1-18-17-32(13-14-33(18)27(35)36)26(34)20-5-8-22-23(28)16-24(29-25(22)15-20)19-3-6-21(7-4-19)31-11-9-30(2)10-12-31/h3-8,15-16,18H,9-14,17H2,1-2H3,(H,35,36)/t18-/m1/s1. The van der Waals surface area contributed by atoms with Gasteiger partial charge in [0.25, 0.3) is 5.91 Å². The Balaban J connectivity index is 1.38. The third kappa shape index (κ3) is 4.83. The van der Waals surface area contributed by atoms with Crippen LogP contribution in [0.2, 0.25) is 5.02 Å². The number of hydrogen-bond donors (Lipinski definition) is 1. The molecule has 36 heavy (non-hydrogen) atoms. The van der Waals surface area contributed by atoms with Gasteiger partial charge < -0.3 is 24.7 Å². The zero-order chi connectivity index (χ0) is 25.4. The van der Waals surface area contributed by atoms with Gasteiger partial charge in [0.15, 0.2) is 0 Å². The van der Waals surface area contributed by atoms with Gasteiger partial charge in [0, 0.05) is 74.1 Å². The Hall–Kier alpha value is -3.36. The molecule has 0 aliphatic carbocycles. The lowest BCUT2D eigenvalue weighted by Crippen LogP contribution is -2.55. The van der Waals surface area contributed by atoms with Crippen molar-refractivity contribution in [3.05, 3.63) is 59.1 Å². The SMILES string of the molecule is C[C@@H]1CN(C(=O)c2ccc3c(Cl)cc(-c4ccc(N5CCN(C)CC5)cc4)nc3c2)CCN1C(=O)O. The van der Waals surface area contributed by atoms with Crippen LogP contribution in [0.5, 0.6) is 0 Å². The lowest BCUT2D eigenvalue weighted by atomic mass is 10.1. The molecule has 3 aromatic rings. The minimum absolute atomic E-state index is 0.131. The first-order valence-corrected chi connectivity index (χ1v) is 12.6. The Labute approximate surface area is 215 Å². The molecule has 5 rings (SSSR count). The van der Waals surface area contributed by atoms with Gasteiger partial charge in [0.2, 0.25) is 0 Å². The van der Waals surface area contributed by atoms with Gasteiger partial charge >= 0.3 is 6.09 Å². The van der Waals surface area contributed by atoms with Crippen LogP contribution < -0.4 is 4.90 Å². The zero-order valence-corrected chi connectivity index (χ0v) is 21.3. The Morgan fingerprint density at radius 2 is 1.69 bits per heavy atom. The fourth-order valence-electron chi connectivity index (χ4n) is 4.98. The number of aromatic nitrogens is 1. The second-order valence-electron chi connectivity index (χ2n) is 9.63. The van der Waals surface area contributed by atoms with E-state index in [0.29, 0.717) is 35.7 Å². The number of benzene rings is 2. The average molecular weight is 508 g/mol. The number of hydrogen-bond acceptors (Lipinski definition) is 5. The van der Waals surface area contributed by atoms with Crippen LogP contribution in [-0.2, 0) is 0 Å². The van der Waals surface area contributed by atoms with Crippen LogP contribution in [0, 0.1) is 0 Å². The van der Waals surface area contributed by atoms with Gasteiger partial charge in [0.05, 0.1) is 16.2 Å². The van der Waals surface area contributed by atoms with Gasteiger partial charge in [-0.25, -0.2) is 9.78 Å². The molecule has 2 aliphatic rings. The van der Waals surface area contributed by atoms with E-state index in [0.717, 1.165) is 42.8 Å². The molecule has 9 heteroatoms. The van der Waals surface area contributed by atoms with Crippen molar-refractivity contribution in [2.75, 3.05) is 57.8 Å². The number of pyridine rings is 1. The molecule has 0 radical (unpaired) electrons.